The lowest BCUT2D eigenvalue weighted by atomic mass is 9.61. The minimum Gasteiger partial charge on any atom is -0.845 e. The molecule has 2 fully saturated rings. The van der Waals surface area contributed by atoms with Crippen molar-refractivity contribution in [3.8, 4) is 0 Å². The summed E-state index contributed by atoms with van der Waals surface area (Å²) in [6.07, 6.45) is 5.28. The maximum Gasteiger partial charge on any atom is 0.0538 e. The molecule has 0 aromatic heterocycles. The van der Waals surface area contributed by atoms with Crippen LogP contribution in [-0.2, 0) is 0 Å². The molecule has 0 spiro atoms. The number of fused-ring (bicyclic) bond motifs is 1. The van der Waals surface area contributed by atoms with Gasteiger partial charge in [0.2, 0.25) is 0 Å². The molecule has 2 saturated carbocycles. The Labute approximate surface area is 165 Å². The first kappa shape index (κ1) is 18.2. The van der Waals surface area contributed by atoms with Gasteiger partial charge in [-0.25, -0.2) is 0 Å². The number of thioether (sulfide) groups is 2. The van der Waals surface area contributed by atoms with E-state index in [0.29, 0.717) is 5.92 Å². The van der Waals surface area contributed by atoms with Crippen molar-refractivity contribution in [3.05, 3.63) is 72.3 Å². The molecule has 3 atom stereocenters. The van der Waals surface area contributed by atoms with Gasteiger partial charge in [0.25, 0.3) is 0 Å². The fraction of sp³-hybridized carbons (Fsp3) is 0.391. The summed E-state index contributed by atoms with van der Waals surface area (Å²) in [6, 6.07) is 20.8. The van der Waals surface area contributed by atoms with Gasteiger partial charge in [-0.2, -0.15) is 0 Å². The van der Waals surface area contributed by atoms with Gasteiger partial charge in [-0.1, -0.05) is 67.0 Å². The molecule has 3 heteroatoms. The second-order valence-corrected chi connectivity index (χ2v) is 10.3. The Morgan fingerprint density at radius 1 is 1.00 bits per heavy atom. The lowest BCUT2D eigenvalue weighted by molar-refractivity contribution is -0.456. The molecule has 1 nitrogen and oxygen atoms in total. The van der Waals surface area contributed by atoms with Crippen molar-refractivity contribution >= 4 is 23.5 Å². The quantitative estimate of drug-likeness (QED) is 0.373. The number of allylic oxidation sites excluding steroid dienone is 1. The minimum absolute atomic E-state index is 0.0686. The van der Waals surface area contributed by atoms with E-state index in [1.807, 2.05) is 12.1 Å². The van der Waals surface area contributed by atoms with Crippen LogP contribution in [0.25, 0.3) is 0 Å². The topological polar surface area (TPSA) is 23.1 Å². The van der Waals surface area contributed by atoms with Crippen LogP contribution < -0.4 is 5.11 Å². The second kappa shape index (κ2) is 7.10. The average Bonchev–Trinajstić information content (AvgIpc) is 2.81. The molecule has 0 radical (unpaired) electrons. The van der Waals surface area contributed by atoms with E-state index in [0.717, 1.165) is 12.0 Å². The Morgan fingerprint density at radius 3 is 1.96 bits per heavy atom. The van der Waals surface area contributed by atoms with Crippen molar-refractivity contribution in [1.29, 1.82) is 0 Å². The number of hydrogen-bond donors (Lipinski definition) is 0. The Kier molecular flexibility index (Phi) is 4.98. The van der Waals surface area contributed by atoms with Crippen LogP contribution in [0.1, 0.15) is 33.1 Å². The highest BCUT2D eigenvalue weighted by Crippen LogP contribution is 2.65. The summed E-state index contributed by atoms with van der Waals surface area (Å²) in [5.41, 5.74) is 0.271. The molecule has 2 aliphatic rings. The zero-order chi connectivity index (χ0) is 18.2. The van der Waals surface area contributed by atoms with Gasteiger partial charge < -0.3 is 5.11 Å². The van der Waals surface area contributed by atoms with E-state index in [1.54, 1.807) is 23.5 Å². The minimum atomic E-state index is -1.01. The van der Waals surface area contributed by atoms with Crippen LogP contribution in [0.2, 0.25) is 0 Å². The molecule has 26 heavy (non-hydrogen) atoms. The van der Waals surface area contributed by atoms with Crippen LogP contribution in [0.15, 0.2) is 82.1 Å². The van der Waals surface area contributed by atoms with Gasteiger partial charge in [0.15, 0.2) is 0 Å². The predicted molar refractivity (Wildman–Crippen MR) is 110 cm³/mol. The second-order valence-electron chi connectivity index (χ2n) is 7.64. The van der Waals surface area contributed by atoms with Gasteiger partial charge >= 0.3 is 0 Å². The molecule has 2 aromatic rings. The van der Waals surface area contributed by atoms with Crippen LogP contribution in [0.5, 0.6) is 0 Å². The Hall–Kier alpha value is -1.16. The standard InChI is InChI=1S/C23H25OS2/c1-3-20-22(2)15-14-17(22)16-23(20,24)21(25-18-10-6-4-7-11-18)26-19-12-8-5-9-13-19/h3-13,17,21H,14-16H2,1-2H3/q-1/b20-3+/t17-,22+,23+/m1/s1. The number of benzene rings is 2. The van der Waals surface area contributed by atoms with Crippen molar-refractivity contribution in [3.63, 3.8) is 0 Å². The van der Waals surface area contributed by atoms with E-state index < -0.39 is 5.60 Å². The van der Waals surface area contributed by atoms with E-state index in [2.05, 4.69) is 68.5 Å². The molecular formula is C23H25OS2-. The molecule has 0 amide bonds. The molecule has 0 N–H and O–H groups in total. The van der Waals surface area contributed by atoms with Gasteiger partial charge in [0.1, 0.15) is 0 Å². The maximum atomic E-state index is 14.3. The molecular weight excluding hydrogens is 356 g/mol. The van der Waals surface area contributed by atoms with Gasteiger partial charge in [-0.05, 0) is 55.4 Å². The van der Waals surface area contributed by atoms with Crippen molar-refractivity contribution in [1.82, 2.24) is 0 Å². The van der Waals surface area contributed by atoms with Gasteiger partial charge in [-0.15, -0.1) is 23.5 Å². The summed E-state index contributed by atoms with van der Waals surface area (Å²) < 4.78 is -0.0686. The van der Waals surface area contributed by atoms with Crippen LogP contribution in [0.3, 0.4) is 0 Å². The fourth-order valence-corrected chi connectivity index (χ4v) is 7.49. The monoisotopic (exact) mass is 381 g/mol. The third kappa shape index (κ3) is 3.04. The molecule has 0 bridgehead atoms. The SMILES string of the molecule is C/C=C1/[C@]([O-])(C(Sc2ccccc2)Sc2ccccc2)C[C@H]2CC[C@]12C. The van der Waals surface area contributed by atoms with E-state index in [1.165, 1.54) is 22.6 Å². The van der Waals surface area contributed by atoms with Crippen LogP contribution in [0, 0.1) is 11.3 Å². The summed E-state index contributed by atoms with van der Waals surface area (Å²) in [4.78, 5) is 2.35. The summed E-state index contributed by atoms with van der Waals surface area (Å²) in [6.45, 7) is 4.37. The van der Waals surface area contributed by atoms with Gasteiger partial charge in [0, 0.05) is 9.79 Å². The highest BCUT2D eigenvalue weighted by molar-refractivity contribution is 8.17. The molecule has 0 aliphatic heterocycles. The molecule has 136 valence electrons. The lowest BCUT2D eigenvalue weighted by Crippen LogP contribution is -2.51. The molecule has 2 aliphatic carbocycles. The molecule has 2 aromatic carbocycles. The van der Waals surface area contributed by atoms with Gasteiger partial charge in [-0.3, -0.25) is 0 Å². The maximum absolute atomic E-state index is 14.3. The van der Waals surface area contributed by atoms with E-state index in [4.69, 9.17) is 0 Å². The van der Waals surface area contributed by atoms with Crippen LogP contribution >= 0.6 is 23.5 Å². The molecule has 0 heterocycles. The molecule has 4 rings (SSSR count). The first-order valence-corrected chi connectivity index (χ1v) is 11.1. The van der Waals surface area contributed by atoms with Crippen molar-refractivity contribution in [2.45, 2.75) is 53.1 Å². The predicted octanol–water partition coefficient (Wildman–Crippen LogP) is 5.76. The largest absolute Gasteiger partial charge is 0.845 e. The van der Waals surface area contributed by atoms with E-state index in [9.17, 15) is 5.11 Å². The Balaban J connectivity index is 1.70. The first-order valence-electron chi connectivity index (χ1n) is 9.37. The highest BCUT2D eigenvalue weighted by atomic mass is 32.2. The highest BCUT2D eigenvalue weighted by Gasteiger charge is 2.57. The normalized spacial score (nSPS) is 31.8. The van der Waals surface area contributed by atoms with Crippen molar-refractivity contribution in [2.75, 3.05) is 0 Å². The smallest absolute Gasteiger partial charge is 0.0538 e. The lowest BCUT2D eigenvalue weighted by Gasteiger charge is -2.48. The summed E-state index contributed by atoms with van der Waals surface area (Å²) >= 11 is 3.48. The summed E-state index contributed by atoms with van der Waals surface area (Å²) in [5, 5.41) is 14.3. The average molecular weight is 382 g/mol. The molecule has 0 unspecified atom stereocenters. The zero-order valence-corrected chi connectivity index (χ0v) is 17.0. The van der Waals surface area contributed by atoms with Crippen molar-refractivity contribution in [2.24, 2.45) is 11.3 Å². The zero-order valence-electron chi connectivity index (χ0n) is 15.4. The van der Waals surface area contributed by atoms with E-state index in [-0.39, 0.29) is 10.00 Å². The Morgan fingerprint density at radius 2 is 1.54 bits per heavy atom. The summed E-state index contributed by atoms with van der Waals surface area (Å²) in [7, 11) is 0. The van der Waals surface area contributed by atoms with E-state index >= 15 is 0 Å². The third-order valence-corrected chi connectivity index (χ3v) is 9.03. The van der Waals surface area contributed by atoms with Gasteiger partial charge in [0.05, 0.1) is 4.58 Å². The molecule has 0 saturated heterocycles. The number of rotatable bonds is 5. The third-order valence-electron chi connectivity index (χ3n) is 6.18. The first-order chi connectivity index (χ1) is 12.6. The van der Waals surface area contributed by atoms with Crippen LogP contribution in [0.4, 0.5) is 0 Å². The summed E-state index contributed by atoms with van der Waals surface area (Å²) in [5.74, 6) is 0.557. The number of hydrogen-bond acceptors (Lipinski definition) is 3. The van der Waals surface area contributed by atoms with Crippen molar-refractivity contribution < 1.29 is 5.11 Å². The van der Waals surface area contributed by atoms with Crippen LogP contribution in [-0.4, -0.2) is 10.2 Å². The fourth-order valence-electron chi connectivity index (χ4n) is 4.68. The Bertz CT molecular complexity index is 747.